The molecule has 18 aromatic rings. The van der Waals surface area contributed by atoms with Crippen LogP contribution in [0.4, 0.5) is 0 Å². The number of benzene rings is 12. The molecule has 2 aliphatic heterocycles. The summed E-state index contributed by atoms with van der Waals surface area (Å²) in [5, 5.41) is 11.2. The molecule has 0 atom stereocenters. The van der Waals surface area contributed by atoms with E-state index in [9.17, 15) is 0 Å². The smallest absolute Gasteiger partial charge is 1.00 e. The Bertz CT molecular complexity index is 6240. The van der Waals surface area contributed by atoms with Crippen LogP contribution >= 0.6 is 11.6 Å². The number of halogens is 1. The number of rotatable bonds is 8. The fourth-order valence-corrected chi connectivity index (χ4v) is 13.7. The molecule has 8 heterocycles. The molecule has 0 amide bonds. The molecule has 0 aliphatic carbocycles. The van der Waals surface area contributed by atoms with Crippen LogP contribution in [0.5, 0.6) is 0 Å². The Hall–Kier alpha value is -10.5. The summed E-state index contributed by atoms with van der Waals surface area (Å²) in [6.45, 7) is 10.3. The van der Waals surface area contributed by atoms with E-state index in [-0.39, 0.29) is 69.3 Å². The third-order valence-electron chi connectivity index (χ3n) is 19.8. The van der Waals surface area contributed by atoms with Gasteiger partial charge in [-0.2, -0.15) is 9.97 Å². The number of nitrogens with zero attached hydrogens (tertiary/aromatic N) is 8. The minimum Gasteiger partial charge on any atom is -1.00 e. The van der Waals surface area contributed by atoms with Crippen molar-refractivity contribution in [3.8, 4) is 79.2 Å². The topological polar surface area (TPSA) is 157 Å². The summed E-state index contributed by atoms with van der Waals surface area (Å²) in [4.78, 5) is 37.3. The van der Waals surface area contributed by atoms with Crippen LogP contribution < -0.4 is 56.8 Å². The van der Waals surface area contributed by atoms with Gasteiger partial charge in [0.05, 0.1) is 22.2 Å². The average Bonchev–Trinajstić information content (AvgIpc) is 1.20. The number of aromatic nitrogens is 8. The molecule has 510 valence electrons. The summed E-state index contributed by atoms with van der Waals surface area (Å²) in [5.41, 5.74) is 14.5. The Balaban J connectivity index is 0.000000128. The van der Waals surface area contributed by atoms with Gasteiger partial charge in [-0.05, 0) is 162 Å². The maximum Gasteiger partial charge on any atom is 1.00 e. The van der Waals surface area contributed by atoms with Gasteiger partial charge in [-0.1, -0.05) is 218 Å². The first-order chi connectivity index (χ1) is 51.4. The van der Waals surface area contributed by atoms with Crippen molar-refractivity contribution in [1.82, 2.24) is 39.9 Å². The van der Waals surface area contributed by atoms with E-state index in [1.807, 2.05) is 146 Å². The van der Waals surface area contributed by atoms with Gasteiger partial charge in [-0.3, -0.25) is 9.97 Å². The molecular weight excluding hydrogens is 1360 g/mol. The fourth-order valence-electron chi connectivity index (χ4n) is 13.6. The number of fused-ring (bicyclic) bond motifs is 10. The van der Waals surface area contributed by atoms with E-state index in [0.717, 1.165) is 123 Å². The van der Waals surface area contributed by atoms with E-state index in [0.29, 0.717) is 29.1 Å². The fraction of sp³-hybridized carbons (Fsp3) is 0.111. The van der Waals surface area contributed by atoms with Crippen LogP contribution in [-0.2, 0) is 14.0 Å². The Morgan fingerprint density at radius 1 is 0.340 bits per heavy atom. The first kappa shape index (κ1) is 69.8. The maximum atomic E-state index is 6.34. The standard InChI is InChI=1S/C40H24N4O.C25H16ClN3.C21H20BNO3.C4H8O.K.H/c1-2-9-27(10-3-1)38-42-39(28-18-15-26(16-19-28)30-20-17-25-8-4-5-11-29(25)22-30)44-40(43-38)32-13-6-14-35-37(32)33-24-34-31(12-7-21-41-34)23-36(33)45-35;26-25-28-23(19-7-2-1-3-8-19)27-24(29-25)20-13-10-18(11-14-20)22-15-12-17-6-4-5-9-21(17)16-22;1-20(2)21(3,4)26-22(25-20)15-8-5-9-17-19(15)14-12-16-13(7-6-10-23-16)11-18(14)24-17;1-2-4-5-3-1;;/h1-24H;1-16H;5-12H,1-4H3;1-4H2;;/q;;;;+1;-1. The van der Waals surface area contributed by atoms with E-state index in [2.05, 4.69) is 198 Å². The van der Waals surface area contributed by atoms with E-state index in [4.69, 9.17) is 49.4 Å². The summed E-state index contributed by atoms with van der Waals surface area (Å²) in [7, 11) is -0.427. The zero-order valence-electron chi connectivity index (χ0n) is 60.1. The number of hydrogen-bond donors (Lipinski definition) is 0. The third kappa shape index (κ3) is 14.4. The first-order valence-corrected chi connectivity index (χ1v) is 35.6. The molecular formula is C90H69BClKN8O5. The molecule has 0 saturated carbocycles. The maximum absolute atomic E-state index is 6.34. The summed E-state index contributed by atoms with van der Waals surface area (Å²) < 4.78 is 30.0. The predicted octanol–water partition coefficient (Wildman–Crippen LogP) is 19.2. The van der Waals surface area contributed by atoms with Crippen molar-refractivity contribution in [3.05, 3.63) is 297 Å². The normalized spacial score (nSPS) is 13.7. The monoisotopic (exact) mass is 1430 g/mol. The second-order valence-electron chi connectivity index (χ2n) is 27.2. The van der Waals surface area contributed by atoms with Crippen LogP contribution in [0.2, 0.25) is 5.28 Å². The molecule has 13 nitrogen and oxygen atoms in total. The Labute approximate surface area is 661 Å². The molecule has 20 rings (SSSR count). The molecule has 12 aromatic carbocycles. The van der Waals surface area contributed by atoms with Crippen LogP contribution in [0.3, 0.4) is 0 Å². The van der Waals surface area contributed by atoms with Crippen molar-refractivity contribution in [2.45, 2.75) is 51.7 Å². The zero-order chi connectivity index (χ0) is 71.0. The number of hydrogen-bond acceptors (Lipinski definition) is 13. The molecule has 6 aromatic heterocycles. The SMILES string of the molecule is C1CCOC1.CC1(C)OB(c2cccc3oc4cc5cccnc5cc4c23)OC1(C)C.Clc1nc(-c2ccccc2)nc(-c2ccc(-c3ccc4ccccc4c3)cc2)n1.[H-].[K+].c1ccc(-c2nc(-c3ccc(-c4ccc5ccccc5c4)cc3)nc(-c3cccc4oc5cc6cccnc6cc5c34)n2)cc1. The predicted molar refractivity (Wildman–Crippen MR) is 426 cm³/mol. The van der Waals surface area contributed by atoms with Gasteiger partial charge < -0.3 is 24.3 Å². The molecule has 0 unspecified atom stereocenters. The molecule has 2 aliphatic rings. The Kier molecular flexibility index (Phi) is 19.9. The Morgan fingerprint density at radius 2 is 0.736 bits per heavy atom. The minimum atomic E-state index is -0.427. The molecule has 16 heteroatoms. The van der Waals surface area contributed by atoms with E-state index >= 15 is 0 Å². The van der Waals surface area contributed by atoms with Gasteiger partial charge in [0, 0.05) is 85.7 Å². The first-order valence-electron chi connectivity index (χ1n) is 35.2. The van der Waals surface area contributed by atoms with Gasteiger partial charge in [-0.25, -0.2) is 19.9 Å². The van der Waals surface area contributed by atoms with Crippen molar-refractivity contribution in [3.63, 3.8) is 0 Å². The van der Waals surface area contributed by atoms with Gasteiger partial charge in [0.25, 0.3) is 0 Å². The van der Waals surface area contributed by atoms with Crippen LogP contribution in [0.15, 0.2) is 300 Å². The molecule has 0 spiro atoms. The number of pyridine rings is 2. The molecule has 0 radical (unpaired) electrons. The molecule has 2 saturated heterocycles. The van der Waals surface area contributed by atoms with E-state index in [1.54, 1.807) is 0 Å². The quantitative estimate of drug-likeness (QED) is 0.133. The molecule has 0 bridgehead atoms. The minimum absolute atomic E-state index is 0. The van der Waals surface area contributed by atoms with Crippen LogP contribution in [0.1, 0.15) is 42.0 Å². The average molecular weight is 1430 g/mol. The summed E-state index contributed by atoms with van der Waals surface area (Å²) in [6.07, 6.45) is 6.18. The van der Waals surface area contributed by atoms with E-state index < -0.39 is 7.12 Å². The van der Waals surface area contributed by atoms with E-state index in [1.165, 1.54) is 45.5 Å². The van der Waals surface area contributed by atoms with Crippen LogP contribution in [-0.4, -0.2) is 71.4 Å². The van der Waals surface area contributed by atoms with Crippen molar-refractivity contribution < 1.29 is 75.7 Å². The summed E-state index contributed by atoms with van der Waals surface area (Å²) in [5.74, 6) is 2.95. The summed E-state index contributed by atoms with van der Waals surface area (Å²) >= 11 is 6.17. The second kappa shape index (κ2) is 30.1. The van der Waals surface area contributed by atoms with Gasteiger partial charge >= 0.3 is 58.5 Å². The molecule has 106 heavy (non-hydrogen) atoms. The van der Waals surface area contributed by atoms with Gasteiger partial charge in [0.15, 0.2) is 29.1 Å². The third-order valence-corrected chi connectivity index (χ3v) is 20.0. The van der Waals surface area contributed by atoms with Crippen molar-refractivity contribution in [2.75, 3.05) is 13.2 Å². The summed E-state index contributed by atoms with van der Waals surface area (Å²) in [6, 6.07) is 94.6. The molecule has 2 fully saturated rings. The molecule has 0 N–H and O–H groups in total. The largest absolute Gasteiger partial charge is 1.00 e. The van der Waals surface area contributed by atoms with Gasteiger partial charge in [0.2, 0.25) is 5.28 Å². The van der Waals surface area contributed by atoms with Crippen molar-refractivity contribution >= 4 is 111 Å². The van der Waals surface area contributed by atoms with Crippen molar-refractivity contribution in [2.24, 2.45) is 0 Å². The van der Waals surface area contributed by atoms with Crippen LogP contribution in [0.25, 0.3) is 166 Å². The van der Waals surface area contributed by atoms with Crippen molar-refractivity contribution in [1.29, 1.82) is 0 Å². The van der Waals surface area contributed by atoms with Gasteiger partial charge in [-0.15, -0.1) is 0 Å². The van der Waals surface area contributed by atoms with Gasteiger partial charge in [0.1, 0.15) is 22.3 Å². The zero-order valence-corrected chi connectivity index (χ0v) is 63.0. The second-order valence-corrected chi connectivity index (χ2v) is 27.5. The Morgan fingerprint density at radius 3 is 1.22 bits per heavy atom. The number of ether oxygens (including phenoxy) is 1. The number of furan rings is 2. The van der Waals surface area contributed by atoms with Crippen LogP contribution in [0, 0.1) is 0 Å².